The van der Waals surface area contributed by atoms with Crippen molar-refractivity contribution in [1.29, 1.82) is 0 Å². The van der Waals surface area contributed by atoms with Crippen LogP contribution in [0.25, 0.3) is 0 Å². The lowest BCUT2D eigenvalue weighted by atomic mass is 10.1. The number of aliphatic imine (C=N–C) groups is 1. The van der Waals surface area contributed by atoms with Crippen molar-refractivity contribution in [2.24, 2.45) is 4.99 Å². The highest BCUT2D eigenvalue weighted by molar-refractivity contribution is 8.00. The number of carbonyl (C=O) groups is 1. The van der Waals surface area contributed by atoms with Crippen LogP contribution in [0.2, 0.25) is 0 Å². The molecule has 1 unspecified atom stereocenters. The van der Waals surface area contributed by atoms with Gasteiger partial charge in [-0.2, -0.15) is 0 Å². The minimum atomic E-state index is -0.786. The van der Waals surface area contributed by atoms with Crippen LogP contribution in [-0.2, 0) is 4.79 Å². The SMILES string of the molecule is C=CC(=C)CC(C)N=C(C)CSCC(=O)O. The van der Waals surface area contributed by atoms with E-state index in [4.69, 9.17) is 5.11 Å². The molecule has 0 aromatic carbocycles. The average Bonchev–Trinajstić information content (AvgIpc) is 2.16. The lowest BCUT2D eigenvalue weighted by Crippen LogP contribution is -2.07. The molecule has 0 aliphatic heterocycles. The van der Waals surface area contributed by atoms with Gasteiger partial charge < -0.3 is 5.11 Å². The number of carboxylic acid groups (broad SMARTS) is 1. The van der Waals surface area contributed by atoms with Crippen molar-refractivity contribution >= 4 is 23.4 Å². The molecule has 0 spiro atoms. The molecule has 0 saturated carbocycles. The highest BCUT2D eigenvalue weighted by Gasteiger charge is 2.02. The summed E-state index contributed by atoms with van der Waals surface area (Å²) in [6, 6.07) is 0.177. The van der Waals surface area contributed by atoms with Crippen molar-refractivity contribution < 1.29 is 9.90 Å². The Morgan fingerprint density at radius 3 is 2.69 bits per heavy atom. The first-order valence-electron chi connectivity index (χ1n) is 5.08. The summed E-state index contributed by atoms with van der Waals surface area (Å²) >= 11 is 1.36. The molecule has 16 heavy (non-hydrogen) atoms. The molecule has 0 amide bonds. The lowest BCUT2D eigenvalue weighted by Gasteiger charge is -2.08. The first-order chi connectivity index (χ1) is 7.45. The van der Waals surface area contributed by atoms with Crippen LogP contribution >= 0.6 is 11.8 Å². The Labute approximate surface area is 101 Å². The van der Waals surface area contributed by atoms with Gasteiger partial charge in [0.2, 0.25) is 0 Å². The summed E-state index contributed by atoms with van der Waals surface area (Å²) in [7, 11) is 0. The van der Waals surface area contributed by atoms with Gasteiger partial charge in [-0.1, -0.05) is 24.8 Å². The van der Waals surface area contributed by atoms with E-state index in [9.17, 15) is 4.79 Å². The lowest BCUT2D eigenvalue weighted by molar-refractivity contribution is -0.133. The third-order valence-corrected chi connectivity index (χ3v) is 2.90. The number of hydrogen-bond acceptors (Lipinski definition) is 3. The number of hydrogen-bond donors (Lipinski definition) is 1. The van der Waals surface area contributed by atoms with Crippen LogP contribution in [0.5, 0.6) is 0 Å². The van der Waals surface area contributed by atoms with Crippen LogP contribution < -0.4 is 0 Å². The van der Waals surface area contributed by atoms with Gasteiger partial charge in [0.15, 0.2) is 0 Å². The number of allylic oxidation sites excluding steroid dienone is 1. The molecule has 3 nitrogen and oxygen atoms in total. The van der Waals surface area contributed by atoms with E-state index in [0.717, 1.165) is 17.7 Å². The van der Waals surface area contributed by atoms with E-state index in [-0.39, 0.29) is 11.8 Å². The fourth-order valence-corrected chi connectivity index (χ4v) is 1.85. The second kappa shape index (κ2) is 8.16. The van der Waals surface area contributed by atoms with Crippen molar-refractivity contribution in [3.63, 3.8) is 0 Å². The van der Waals surface area contributed by atoms with Gasteiger partial charge in [-0.05, 0) is 20.3 Å². The summed E-state index contributed by atoms with van der Waals surface area (Å²) in [5, 5.41) is 8.48. The molecule has 4 heteroatoms. The summed E-state index contributed by atoms with van der Waals surface area (Å²) < 4.78 is 0. The standard InChI is InChI=1S/C12H19NO2S/c1-5-9(2)6-10(3)13-11(4)7-16-8-12(14)15/h5,10H,1-2,6-8H2,3-4H3,(H,14,15). The molecule has 0 aliphatic carbocycles. The maximum absolute atomic E-state index is 10.3. The van der Waals surface area contributed by atoms with Gasteiger partial charge in [0, 0.05) is 11.5 Å². The molecule has 0 aliphatic rings. The minimum Gasteiger partial charge on any atom is -0.481 e. The van der Waals surface area contributed by atoms with Crippen LogP contribution in [-0.4, -0.2) is 34.3 Å². The summed E-state index contributed by atoms with van der Waals surface area (Å²) in [5.74, 6) is 0.00328. The van der Waals surface area contributed by atoms with Crippen molar-refractivity contribution in [2.75, 3.05) is 11.5 Å². The van der Waals surface area contributed by atoms with Gasteiger partial charge in [-0.15, -0.1) is 11.8 Å². The van der Waals surface area contributed by atoms with E-state index in [0.29, 0.717) is 5.75 Å². The van der Waals surface area contributed by atoms with Gasteiger partial charge in [0.05, 0.1) is 11.8 Å². The van der Waals surface area contributed by atoms with Crippen LogP contribution in [0.15, 0.2) is 29.8 Å². The fraction of sp³-hybridized carbons (Fsp3) is 0.500. The predicted octanol–water partition coefficient (Wildman–Crippen LogP) is 2.79. The van der Waals surface area contributed by atoms with Gasteiger partial charge >= 0.3 is 5.97 Å². The van der Waals surface area contributed by atoms with E-state index in [1.807, 2.05) is 13.8 Å². The smallest absolute Gasteiger partial charge is 0.313 e. The first kappa shape index (κ1) is 15.0. The number of nitrogens with zero attached hydrogens (tertiary/aromatic N) is 1. The largest absolute Gasteiger partial charge is 0.481 e. The third-order valence-electron chi connectivity index (χ3n) is 1.82. The zero-order chi connectivity index (χ0) is 12.6. The van der Waals surface area contributed by atoms with Gasteiger partial charge in [0.25, 0.3) is 0 Å². The van der Waals surface area contributed by atoms with E-state index < -0.39 is 5.97 Å². The normalized spacial score (nSPS) is 13.2. The molecular formula is C12H19NO2S. The number of rotatable bonds is 8. The predicted molar refractivity (Wildman–Crippen MR) is 71.5 cm³/mol. The van der Waals surface area contributed by atoms with Gasteiger partial charge in [0.1, 0.15) is 0 Å². The number of thioether (sulfide) groups is 1. The van der Waals surface area contributed by atoms with Crippen LogP contribution in [0.4, 0.5) is 0 Å². The van der Waals surface area contributed by atoms with Crippen molar-refractivity contribution in [2.45, 2.75) is 26.3 Å². The van der Waals surface area contributed by atoms with E-state index in [1.54, 1.807) is 6.08 Å². The highest BCUT2D eigenvalue weighted by atomic mass is 32.2. The highest BCUT2D eigenvalue weighted by Crippen LogP contribution is 2.08. The average molecular weight is 241 g/mol. The third kappa shape index (κ3) is 8.29. The minimum absolute atomic E-state index is 0.126. The number of aliphatic carboxylic acids is 1. The van der Waals surface area contributed by atoms with Gasteiger partial charge in [-0.3, -0.25) is 9.79 Å². The summed E-state index contributed by atoms with van der Waals surface area (Å²) in [6.45, 7) is 11.4. The quantitative estimate of drug-likeness (QED) is 0.525. The molecule has 1 atom stereocenters. The molecule has 0 saturated heterocycles. The Balaban J connectivity index is 3.95. The molecular weight excluding hydrogens is 222 g/mol. The second-order valence-electron chi connectivity index (χ2n) is 3.67. The van der Waals surface area contributed by atoms with Crippen molar-refractivity contribution in [1.82, 2.24) is 0 Å². The topological polar surface area (TPSA) is 49.7 Å². The Morgan fingerprint density at radius 1 is 1.56 bits per heavy atom. The first-order valence-corrected chi connectivity index (χ1v) is 6.24. The molecule has 0 aromatic heterocycles. The van der Waals surface area contributed by atoms with Crippen LogP contribution in [0.3, 0.4) is 0 Å². The molecule has 0 bridgehead atoms. The second-order valence-corrected chi connectivity index (χ2v) is 4.65. The molecule has 0 aromatic rings. The fourth-order valence-electron chi connectivity index (χ4n) is 1.21. The van der Waals surface area contributed by atoms with E-state index >= 15 is 0 Å². The Morgan fingerprint density at radius 2 is 2.19 bits per heavy atom. The molecule has 0 fully saturated rings. The van der Waals surface area contributed by atoms with Crippen LogP contribution in [0.1, 0.15) is 20.3 Å². The molecule has 0 radical (unpaired) electrons. The monoisotopic (exact) mass is 241 g/mol. The molecule has 90 valence electrons. The molecule has 0 rings (SSSR count). The van der Waals surface area contributed by atoms with E-state index in [1.165, 1.54) is 11.8 Å². The molecule has 1 N–H and O–H groups in total. The zero-order valence-corrected chi connectivity index (χ0v) is 10.7. The maximum Gasteiger partial charge on any atom is 0.313 e. The number of carboxylic acids is 1. The Hall–Kier alpha value is -1.03. The van der Waals surface area contributed by atoms with Gasteiger partial charge in [-0.25, -0.2) is 0 Å². The van der Waals surface area contributed by atoms with Crippen molar-refractivity contribution in [3.8, 4) is 0 Å². The maximum atomic E-state index is 10.3. The van der Waals surface area contributed by atoms with Crippen LogP contribution in [0, 0.1) is 0 Å². The summed E-state index contributed by atoms with van der Waals surface area (Å²) in [4.78, 5) is 14.8. The Bertz CT molecular complexity index is 297. The summed E-state index contributed by atoms with van der Waals surface area (Å²) in [6.07, 6.45) is 2.53. The Kier molecular flexibility index (Phi) is 7.64. The molecule has 0 heterocycles. The van der Waals surface area contributed by atoms with Crippen molar-refractivity contribution in [3.05, 3.63) is 24.8 Å². The van der Waals surface area contributed by atoms with E-state index in [2.05, 4.69) is 18.2 Å². The summed E-state index contributed by atoms with van der Waals surface area (Å²) in [5.41, 5.74) is 1.94. The zero-order valence-electron chi connectivity index (χ0n) is 9.90.